The minimum absolute atomic E-state index is 0.0775. The van der Waals surface area contributed by atoms with Gasteiger partial charge in [-0.2, -0.15) is 0 Å². The van der Waals surface area contributed by atoms with Gasteiger partial charge in [-0.3, -0.25) is 0 Å². The highest BCUT2D eigenvalue weighted by molar-refractivity contribution is 6.04. The van der Waals surface area contributed by atoms with E-state index in [0.29, 0.717) is 5.56 Å². The molecule has 0 radical (unpaired) electrons. The van der Waals surface area contributed by atoms with Gasteiger partial charge >= 0.3 is 5.97 Å². The molecule has 2 heterocycles. The number of halogens is 2. The van der Waals surface area contributed by atoms with Gasteiger partial charge in [-0.05, 0) is 17.2 Å². The van der Waals surface area contributed by atoms with Crippen LogP contribution in [-0.4, -0.2) is 34.4 Å². The second-order valence-corrected chi connectivity index (χ2v) is 6.08. The van der Waals surface area contributed by atoms with Crippen LogP contribution in [-0.2, 0) is 10.3 Å². The molecule has 1 fully saturated rings. The largest absolute Gasteiger partial charge is 0.478 e. The van der Waals surface area contributed by atoms with E-state index in [1.165, 1.54) is 12.1 Å². The number of carboxylic acid groups (broad SMARTS) is 1. The number of ether oxygens (including phenoxy) is 1. The van der Waals surface area contributed by atoms with Gasteiger partial charge in [0, 0.05) is 6.20 Å². The van der Waals surface area contributed by atoms with Gasteiger partial charge in [-0.25, -0.2) is 13.6 Å². The summed E-state index contributed by atoms with van der Waals surface area (Å²) >= 11 is 0. The molecule has 0 spiro atoms. The van der Waals surface area contributed by atoms with Gasteiger partial charge in [0.1, 0.15) is 17.2 Å². The molecule has 0 bridgehead atoms. The maximum atomic E-state index is 14.9. The third-order valence-electron chi connectivity index (χ3n) is 4.48. The van der Waals surface area contributed by atoms with Crippen LogP contribution in [0.25, 0.3) is 22.0 Å². The summed E-state index contributed by atoms with van der Waals surface area (Å²) in [5.41, 5.74) is -0.714. The summed E-state index contributed by atoms with van der Waals surface area (Å²) in [7, 11) is 0. The minimum atomic E-state index is -1.30. The van der Waals surface area contributed by atoms with Crippen molar-refractivity contribution in [3.8, 4) is 11.1 Å². The van der Waals surface area contributed by atoms with Gasteiger partial charge in [-0.1, -0.05) is 24.3 Å². The average molecular weight is 345 g/mol. The van der Waals surface area contributed by atoms with Gasteiger partial charge in [0.05, 0.1) is 35.2 Å². The molecule has 0 unspecified atom stereocenters. The molecule has 1 aromatic heterocycles. The summed E-state index contributed by atoms with van der Waals surface area (Å²) in [6, 6.07) is 7.21. The molecular weight excluding hydrogens is 332 g/mol. The molecule has 7 heteroatoms. The Bertz CT molecular complexity index is 990. The summed E-state index contributed by atoms with van der Waals surface area (Å²) in [6.45, 7) is 0.346. The number of aliphatic hydroxyl groups is 1. The number of fused-ring (bicyclic) bond motifs is 1. The maximum Gasteiger partial charge on any atom is 0.337 e. The normalized spacial score (nSPS) is 16.0. The van der Waals surface area contributed by atoms with E-state index in [4.69, 9.17) is 9.84 Å². The monoisotopic (exact) mass is 345 g/mol. The molecule has 2 aromatic carbocycles. The Labute approximate surface area is 140 Å². The van der Waals surface area contributed by atoms with Crippen molar-refractivity contribution in [2.45, 2.75) is 5.60 Å². The van der Waals surface area contributed by atoms with Crippen LogP contribution in [0.15, 0.2) is 36.5 Å². The highest BCUT2D eigenvalue weighted by Gasteiger charge is 2.37. The molecule has 0 atom stereocenters. The van der Waals surface area contributed by atoms with Crippen LogP contribution < -0.4 is 0 Å². The predicted molar refractivity (Wildman–Crippen MR) is 85.3 cm³/mol. The van der Waals surface area contributed by atoms with Crippen LogP contribution in [0.2, 0.25) is 0 Å². The van der Waals surface area contributed by atoms with Crippen molar-refractivity contribution in [2.24, 2.45) is 0 Å². The topological polar surface area (TPSA) is 82.5 Å². The lowest BCUT2D eigenvalue weighted by Gasteiger charge is -2.36. The Morgan fingerprint density at radius 3 is 2.44 bits per heavy atom. The quantitative estimate of drug-likeness (QED) is 0.681. The highest BCUT2D eigenvalue weighted by atomic mass is 19.1. The average Bonchev–Trinajstić information content (AvgIpc) is 2.97. The van der Waals surface area contributed by atoms with E-state index < -0.39 is 23.2 Å². The SMILES string of the molecule is O=C(O)c1c[nH]c2cc(F)c(-c3ccc(C4(O)COC4)cc3)c(F)c12. The zero-order valence-electron chi connectivity index (χ0n) is 12.8. The lowest BCUT2D eigenvalue weighted by atomic mass is 9.90. The molecule has 0 amide bonds. The van der Waals surface area contributed by atoms with Crippen molar-refractivity contribution in [2.75, 3.05) is 13.2 Å². The van der Waals surface area contributed by atoms with E-state index in [2.05, 4.69) is 4.98 Å². The number of hydrogen-bond donors (Lipinski definition) is 3. The lowest BCUT2D eigenvalue weighted by molar-refractivity contribution is -0.184. The first-order valence-corrected chi connectivity index (χ1v) is 7.54. The standard InChI is InChI=1S/C18H13F2NO4/c19-12-5-13-15(11(6-21-13)17(22)23)16(20)14(12)9-1-3-10(4-2-9)18(24)7-25-8-18/h1-6,21,24H,7-8H2,(H,22,23). The van der Waals surface area contributed by atoms with Crippen molar-refractivity contribution in [3.63, 3.8) is 0 Å². The summed E-state index contributed by atoms with van der Waals surface area (Å²) < 4.78 is 34.3. The van der Waals surface area contributed by atoms with Gasteiger partial charge in [-0.15, -0.1) is 0 Å². The molecule has 5 nitrogen and oxygen atoms in total. The number of benzene rings is 2. The number of H-pyrrole nitrogens is 1. The molecular formula is C18H13F2NO4. The minimum Gasteiger partial charge on any atom is -0.478 e. The van der Waals surface area contributed by atoms with Gasteiger partial charge in [0.15, 0.2) is 0 Å². The third-order valence-corrected chi connectivity index (χ3v) is 4.48. The van der Waals surface area contributed by atoms with E-state index in [0.717, 1.165) is 12.3 Å². The van der Waals surface area contributed by atoms with Crippen molar-refractivity contribution < 1.29 is 28.5 Å². The smallest absolute Gasteiger partial charge is 0.337 e. The van der Waals surface area contributed by atoms with Crippen LogP contribution in [0, 0.1) is 11.6 Å². The fraction of sp³-hybridized carbons (Fsp3) is 0.167. The summed E-state index contributed by atoms with van der Waals surface area (Å²) in [4.78, 5) is 13.8. The van der Waals surface area contributed by atoms with Crippen molar-refractivity contribution >= 4 is 16.9 Å². The molecule has 1 aliphatic heterocycles. The van der Waals surface area contributed by atoms with E-state index in [9.17, 15) is 18.7 Å². The Balaban J connectivity index is 1.86. The van der Waals surface area contributed by atoms with Crippen LogP contribution in [0.5, 0.6) is 0 Å². The Morgan fingerprint density at radius 1 is 1.20 bits per heavy atom. The molecule has 3 N–H and O–H groups in total. The molecule has 1 aliphatic rings. The highest BCUT2D eigenvalue weighted by Crippen LogP contribution is 2.35. The zero-order valence-corrected chi connectivity index (χ0v) is 12.8. The van der Waals surface area contributed by atoms with Crippen LogP contribution in [0.3, 0.4) is 0 Å². The van der Waals surface area contributed by atoms with Crippen molar-refractivity contribution in [1.82, 2.24) is 4.98 Å². The number of carboxylic acids is 1. The summed E-state index contributed by atoms with van der Waals surface area (Å²) in [5, 5.41) is 19.2. The molecule has 0 saturated carbocycles. The first kappa shape index (κ1) is 15.7. The number of aromatic nitrogens is 1. The Kier molecular flexibility index (Phi) is 3.38. The van der Waals surface area contributed by atoms with E-state index in [1.807, 2.05) is 0 Å². The second-order valence-electron chi connectivity index (χ2n) is 6.08. The maximum absolute atomic E-state index is 14.9. The number of nitrogens with one attached hydrogen (secondary N) is 1. The number of aromatic amines is 1. The third kappa shape index (κ3) is 2.32. The molecule has 128 valence electrons. The molecule has 3 aromatic rings. The zero-order chi connectivity index (χ0) is 17.8. The van der Waals surface area contributed by atoms with E-state index in [-0.39, 0.29) is 40.8 Å². The number of rotatable bonds is 3. The van der Waals surface area contributed by atoms with Crippen molar-refractivity contribution in [3.05, 3.63) is 59.3 Å². The molecule has 1 saturated heterocycles. The van der Waals surface area contributed by atoms with Crippen LogP contribution >= 0.6 is 0 Å². The Morgan fingerprint density at radius 2 is 1.88 bits per heavy atom. The van der Waals surface area contributed by atoms with Gasteiger partial charge < -0.3 is 19.9 Å². The first-order chi connectivity index (χ1) is 11.9. The fourth-order valence-corrected chi connectivity index (χ4v) is 3.06. The molecule has 4 rings (SSSR count). The lowest BCUT2D eigenvalue weighted by Crippen LogP contribution is -2.46. The van der Waals surface area contributed by atoms with Gasteiger partial charge in [0.2, 0.25) is 0 Å². The summed E-state index contributed by atoms with van der Waals surface area (Å²) in [6.07, 6.45) is 1.13. The van der Waals surface area contributed by atoms with Gasteiger partial charge in [0.25, 0.3) is 0 Å². The second kappa shape index (κ2) is 5.37. The first-order valence-electron chi connectivity index (χ1n) is 7.54. The van der Waals surface area contributed by atoms with Crippen molar-refractivity contribution in [1.29, 1.82) is 0 Å². The van der Waals surface area contributed by atoms with Crippen LogP contribution in [0.1, 0.15) is 15.9 Å². The number of hydrogen-bond acceptors (Lipinski definition) is 3. The number of aromatic carboxylic acids is 1. The van der Waals surface area contributed by atoms with Crippen LogP contribution in [0.4, 0.5) is 8.78 Å². The number of carbonyl (C=O) groups is 1. The predicted octanol–water partition coefficient (Wildman–Crippen LogP) is 3.03. The molecule has 25 heavy (non-hydrogen) atoms. The Hall–Kier alpha value is -2.77. The van der Waals surface area contributed by atoms with E-state index >= 15 is 0 Å². The van der Waals surface area contributed by atoms with E-state index in [1.54, 1.807) is 12.1 Å². The fourth-order valence-electron chi connectivity index (χ4n) is 3.06. The summed E-state index contributed by atoms with van der Waals surface area (Å²) in [5.74, 6) is -3.04. The molecule has 0 aliphatic carbocycles.